The summed E-state index contributed by atoms with van der Waals surface area (Å²) in [6.45, 7) is -0.913. The number of hydrogen-bond donors (Lipinski definition) is 0. The normalized spacial score (nSPS) is 16.6. The molecule has 0 saturated carbocycles. The molecule has 5 heterocycles. The fourth-order valence-electron chi connectivity index (χ4n) is 4.30. The van der Waals surface area contributed by atoms with Gasteiger partial charge in [0.15, 0.2) is 6.10 Å². The highest BCUT2D eigenvalue weighted by atomic mass is 19.3. The average Bonchev–Trinajstić information content (AvgIpc) is 3.45. The molecule has 5 rings (SSSR count). The molecule has 11 nitrogen and oxygen atoms in total. The molecular weight excluding hydrogens is 536 g/mol. The highest BCUT2D eigenvalue weighted by Crippen LogP contribution is 2.37. The van der Waals surface area contributed by atoms with Gasteiger partial charge in [0, 0.05) is 36.5 Å². The lowest BCUT2D eigenvalue weighted by Crippen LogP contribution is -2.36. The van der Waals surface area contributed by atoms with Crippen LogP contribution < -0.4 is 19.1 Å². The number of nitriles is 1. The van der Waals surface area contributed by atoms with Gasteiger partial charge in [0.25, 0.3) is 5.92 Å². The Kier molecular flexibility index (Phi) is 6.78. The second-order valence-corrected chi connectivity index (χ2v) is 9.19. The summed E-state index contributed by atoms with van der Waals surface area (Å²) in [6.07, 6.45) is 2.46. The molecular formula is C25H22F4N8O3. The van der Waals surface area contributed by atoms with Crippen molar-refractivity contribution in [1.82, 2.24) is 29.7 Å². The maximum atomic E-state index is 15.1. The minimum atomic E-state index is -3.31. The highest BCUT2D eigenvalue weighted by molar-refractivity contribution is 5.78. The molecule has 0 N–H and O–H groups in total. The molecule has 1 atom stereocenters. The van der Waals surface area contributed by atoms with E-state index in [1.807, 2.05) is 6.07 Å². The third-order valence-electron chi connectivity index (χ3n) is 6.12. The highest BCUT2D eigenvalue weighted by Gasteiger charge is 2.50. The van der Waals surface area contributed by atoms with Crippen molar-refractivity contribution in [2.75, 3.05) is 32.2 Å². The summed E-state index contributed by atoms with van der Waals surface area (Å²) in [7, 11) is 2.77. The van der Waals surface area contributed by atoms with Crippen molar-refractivity contribution in [3.63, 3.8) is 0 Å². The third-order valence-corrected chi connectivity index (χ3v) is 6.12. The van der Waals surface area contributed by atoms with E-state index < -0.39 is 31.0 Å². The first kappa shape index (κ1) is 26.9. The van der Waals surface area contributed by atoms with Gasteiger partial charge in [-0.25, -0.2) is 32.5 Å². The predicted molar refractivity (Wildman–Crippen MR) is 133 cm³/mol. The number of pyridine rings is 2. The van der Waals surface area contributed by atoms with Gasteiger partial charge in [-0.1, -0.05) is 0 Å². The Bertz CT molecular complexity index is 1600. The molecule has 0 bridgehead atoms. The topological polar surface area (TPSA) is 124 Å². The minimum absolute atomic E-state index is 0.0221. The van der Waals surface area contributed by atoms with Gasteiger partial charge in [-0.05, 0) is 12.1 Å². The van der Waals surface area contributed by atoms with Crippen LogP contribution in [0.3, 0.4) is 0 Å². The fraction of sp³-hybridized carbons (Fsp3) is 0.360. The van der Waals surface area contributed by atoms with Crippen LogP contribution in [0.2, 0.25) is 0 Å². The Balaban J connectivity index is 1.43. The molecule has 0 spiro atoms. The molecule has 1 aliphatic rings. The number of methoxy groups -OCH3 is 2. The summed E-state index contributed by atoms with van der Waals surface area (Å²) in [5, 5.41) is 13.9. The molecule has 0 aromatic carbocycles. The van der Waals surface area contributed by atoms with Crippen molar-refractivity contribution in [1.29, 1.82) is 5.26 Å². The van der Waals surface area contributed by atoms with Gasteiger partial charge in [-0.15, -0.1) is 0 Å². The molecule has 1 unspecified atom stereocenters. The summed E-state index contributed by atoms with van der Waals surface area (Å²) < 4.78 is 74.4. The summed E-state index contributed by atoms with van der Waals surface area (Å²) >= 11 is 0. The Morgan fingerprint density at radius 1 is 1.10 bits per heavy atom. The fourth-order valence-corrected chi connectivity index (χ4v) is 4.30. The number of fused-ring (bicyclic) bond motifs is 1. The number of halogens is 4. The van der Waals surface area contributed by atoms with E-state index in [0.717, 1.165) is 11.6 Å². The molecule has 0 radical (unpaired) electrons. The minimum Gasteiger partial charge on any atom is -0.480 e. The van der Waals surface area contributed by atoms with Crippen molar-refractivity contribution in [3.05, 3.63) is 42.5 Å². The first-order valence-electron chi connectivity index (χ1n) is 11.9. The van der Waals surface area contributed by atoms with Gasteiger partial charge >= 0.3 is 11.9 Å². The molecule has 40 heavy (non-hydrogen) atoms. The summed E-state index contributed by atoms with van der Waals surface area (Å²) in [5.41, 5.74) is 1.10. The molecule has 15 heteroatoms. The van der Waals surface area contributed by atoms with Crippen molar-refractivity contribution < 1.29 is 31.8 Å². The molecule has 1 saturated heterocycles. The molecule has 208 valence electrons. The second kappa shape index (κ2) is 10.1. The summed E-state index contributed by atoms with van der Waals surface area (Å²) in [4.78, 5) is 17.8. The summed E-state index contributed by atoms with van der Waals surface area (Å²) in [5.74, 6) is -6.39. The van der Waals surface area contributed by atoms with Crippen LogP contribution in [0, 0.1) is 11.3 Å². The molecule has 0 aliphatic carbocycles. The van der Waals surface area contributed by atoms with Crippen molar-refractivity contribution in [2.24, 2.45) is 0 Å². The number of alkyl halides is 4. The Labute approximate surface area is 225 Å². The van der Waals surface area contributed by atoms with Crippen molar-refractivity contribution >= 4 is 16.6 Å². The number of nitrogens with zero attached hydrogens (tertiary/aromatic N) is 8. The van der Waals surface area contributed by atoms with E-state index >= 15 is 8.78 Å². The zero-order chi connectivity index (χ0) is 28.7. The van der Waals surface area contributed by atoms with E-state index in [0.29, 0.717) is 10.9 Å². The standard InChI is InChI=1S/C25H22F4N8O3/c1-24(26,27)12-37-19-6-21(31-8-14(19)9-33-37)40-20-11-36(13-25(20,28)29)16-4-15(7-30)34-18(5-16)17-10-32-23(39-3)35-22(17)38-2/h4-6,8-10,20H,11-13H2,1-3H3. The summed E-state index contributed by atoms with van der Waals surface area (Å²) in [6, 6.07) is 6.19. The Morgan fingerprint density at radius 3 is 2.60 bits per heavy atom. The molecule has 1 aliphatic heterocycles. The molecule has 4 aromatic heterocycles. The van der Waals surface area contributed by atoms with Gasteiger partial charge in [0.05, 0.1) is 50.3 Å². The van der Waals surface area contributed by atoms with Crippen molar-refractivity contribution in [3.8, 4) is 35.1 Å². The van der Waals surface area contributed by atoms with E-state index in [4.69, 9.17) is 14.2 Å². The van der Waals surface area contributed by atoms with Gasteiger partial charge in [0.1, 0.15) is 18.3 Å². The largest absolute Gasteiger partial charge is 0.480 e. The first-order valence-corrected chi connectivity index (χ1v) is 11.9. The van der Waals surface area contributed by atoms with Gasteiger partial charge in [0.2, 0.25) is 11.8 Å². The van der Waals surface area contributed by atoms with Crippen LogP contribution >= 0.6 is 0 Å². The van der Waals surface area contributed by atoms with E-state index in [-0.39, 0.29) is 46.9 Å². The zero-order valence-electron chi connectivity index (χ0n) is 21.5. The van der Waals surface area contributed by atoms with Crippen LogP contribution in [0.5, 0.6) is 17.8 Å². The van der Waals surface area contributed by atoms with Gasteiger partial charge in [-0.3, -0.25) is 4.68 Å². The number of rotatable bonds is 8. The smallest absolute Gasteiger partial charge is 0.319 e. The lowest BCUT2D eigenvalue weighted by molar-refractivity contribution is -0.0608. The predicted octanol–water partition coefficient (Wildman–Crippen LogP) is 3.73. The monoisotopic (exact) mass is 558 g/mol. The van der Waals surface area contributed by atoms with Gasteiger partial charge in [-0.2, -0.15) is 15.3 Å². The van der Waals surface area contributed by atoms with Crippen LogP contribution in [0.15, 0.2) is 36.8 Å². The molecule has 0 amide bonds. The van der Waals surface area contributed by atoms with Crippen LogP contribution in [0.4, 0.5) is 23.2 Å². The zero-order valence-corrected chi connectivity index (χ0v) is 21.5. The van der Waals surface area contributed by atoms with E-state index in [2.05, 4.69) is 25.0 Å². The Hall–Kier alpha value is -4.74. The number of aromatic nitrogens is 6. The Morgan fingerprint density at radius 2 is 1.90 bits per heavy atom. The van der Waals surface area contributed by atoms with E-state index in [9.17, 15) is 14.0 Å². The van der Waals surface area contributed by atoms with Crippen LogP contribution in [-0.4, -0.2) is 75.0 Å². The average molecular weight is 558 g/mol. The molecule has 1 fully saturated rings. The van der Waals surface area contributed by atoms with Crippen LogP contribution in [0.25, 0.3) is 22.2 Å². The maximum Gasteiger partial charge on any atom is 0.319 e. The quantitative estimate of drug-likeness (QED) is 0.296. The second-order valence-electron chi connectivity index (χ2n) is 9.19. The van der Waals surface area contributed by atoms with Crippen LogP contribution in [-0.2, 0) is 6.54 Å². The SMILES string of the molecule is COc1ncc(-c2cc(N3CC(Oc4cc5c(cn4)cnn5CC(C)(F)F)C(F)(F)C3)cc(C#N)n2)c(OC)n1. The van der Waals surface area contributed by atoms with E-state index in [1.165, 1.54) is 55.9 Å². The van der Waals surface area contributed by atoms with Crippen molar-refractivity contribution in [2.45, 2.75) is 31.4 Å². The number of anilines is 1. The lowest BCUT2D eigenvalue weighted by atomic mass is 10.1. The van der Waals surface area contributed by atoms with Gasteiger partial charge < -0.3 is 19.1 Å². The first-order chi connectivity index (χ1) is 19.0. The third kappa shape index (κ3) is 5.37. The number of ether oxygens (including phenoxy) is 3. The van der Waals surface area contributed by atoms with E-state index in [1.54, 1.807) is 0 Å². The van der Waals surface area contributed by atoms with Crippen LogP contribution in [0.1, 0.15) is 12.6 Å². The molecule has 4 aromatic rings. The maximum absolute atomic E-state index is 15.1. The number of hydrogen-bond acceptors (Lipinski definition) is 10. The lowest BCUT2D eigenvalue weighted by Gasteiger charge is -2.19.